The fraction of sp³-hybridized carbons (Fsp3) is 0.524. The molecular weight excluding hydrogens is 356 g/mol. The Hall–Kier alpha value is -1.92. The Morgan fingerprint density at radius 2 is 2.19 bits per heavy atom. The smallest absolute Gasteiger partial charge is 0.193 e. The van der Waals surface area contributed by atoms with Crippen molar-refractivity contribution in [1.29, 1.82) is 0 Å². The van der Waals surface area contributed by atoms with Gasteiger partial charge < -0.3 is 15.0 Å². The molecule has 0 bridgehead atoms. The highest BCUT2D eigenvalue weighted by atomic mass is 32.1. The van der Waals surface area contributed by atoms with Crippen LogP contribution in [0.25, 0.3) is 0 Å². The van der Waals surface area contributed by atoms with Gasteiger partial charge in [0.2, 0.25) is 0 Å². The maximum atomic E-state index is 6.03. The average molecular weight is 387 g/mol. The maximum Gasteiger partial charge on any atom is 0.193 e. The molecule has 1 aromatic heterocycles. The molecule has 5 nitrogen and oxygen atoms in total. The van der Waals surface area contributed by atoms with E-state index in [9.17, 15) is 0 Å². The Balaban J connectivity index is 1.46. The number of guanidine groups is 1. The first-order valence-corrected chi connectivity index (χ1v) is 10.6. The molecule has 0 aliphatic carbocycles. The molecule has 0 spiro atoms. The van der Waals surface area contributed by atoms with Crippen LogP contribution < -0.4 is 5.32 Å². The normalized spacial score (nSPS) is 18.0. The van der Waals surface area contributed by atoms with E-state index in [4.69, 9.17) is 4.74 Å². The summed E-state index contributed by atoms with van der Waals surface area (Å²) < 4.78 is 6.03. The minimum Gasteiger partial charge on any atom is -0.370 e. The van der Waals surface area contributed by atoms with Crippen LogP contribution in [0.2, 0.25) is 0 Å². The zero-order valence-corrected chi connectivity index (χ0v) is 17.4. The predicted molar refractivity (Wildman–Crippen MR) is 113 cm³/mol. The average Bonchev–Trinajstić information content (AvgIpc) is 3.10. The number of thiazole rings is 1. The Labute approximate surface area is 166 Å². The van der Waals surface area contributed by atoms with Gasteiger partial charge in [0.25, 0.3) is 0 Å². The van der Waals surface area contributed by atoms with E-state index in [0.29, 0.717) is 0 Å². The van der Waals surface area contributed by atoms with Crippen molar-refractivity contribution in [2.45, 2.75) is 39.2 Å². The minimum atomic E-state index is 0.103. The van der Waals surface area contributed by atoms with Gasteiger partial charge in [0, 0.05) is 31.2 Å². The van der Waals surface area contributed by atoms with Crippen LogP contribution in [0.3, 0.4) is 0 Å². The van der Waals surface area contributed by atoms with E-state index >= 15 is 0 Å². The van der Waals surface area contributed by atoms with Gasteiger partial charge in [-0.05, 0) is 44.2 Å². The molecule has 2 heterocycles. The van der Waals surface area contributed by atoms with Gasteiger partial charge in [-0.3, -0.25) is 4.99 Å². The molecule has 0 saturated carbocycles. The number of hydrogen-bond donors (Lipinski definition) is 1. The van der Waals surface area contributed by atoms with Gasteiger partial charge >= 0.3 is 0 Å². The predicted octanol–water partition coefficient (Wildman–Crippen LogP) is 3.73. The zero-order chi connectivity index (χ0) is 19.1. The van der Waals surface area contributed by atoms with Crippen molar-refractivity contribution in [3.05, 3.63) is 51.5 Å². The molecule has 1 aromatic carbocycles. The van der Waals surface area contributed by atoms with Gasteiger partial charge in [-0.2, -0.15) is 0 Å². The van der Waals surface area contributed by atoms with Crippen LogP contribution in [0.5, 0.6) is 0 Å². The number of unbranched alkanes of at least 4 members (excludes halogenated alkanes) is 1. The van der Waals surface area contributed by atoms with E-state index in [2.05, 4.69) is 63.7 Å². The molecule has 0 amide bonds. The largest absolute Gasteiger partial charge is 0.370 e. The highest BCUT2D eigenvalue weighted by Crippen LogP contribution is 2.25. The molecule has 3 rings (SSSR count). The van der Waals surface area contributed by atoms with Crippen molar-refractivity contribution < 1.29 is 4.74 Å². The van der Waals surface area contributed by atoms with Crippen molar-refractivity contribution in [3.8, 4) is 0 Å². The Morgan fingerprint density at radius 3 is 2.93 bits per heavy atom. The summed E-state index contributed by atoms with van der Waals surface area (Å²) in [5.41, 5.74) is 3.69. The molecular formula is C21H30N4OS. The number of benzene rings is 1. The summed E-state index contributed by atoms with van der Waals surface area (Å²) in [6.07, 6.45) is 3.42. The van der Waals surface area contributed by atoms with Crippen LogP contribution >= 0.6 is 11.3 Å². The first kappa shape index (κ1) is 19.8. The quantitative estimate of drug-likeness (QED) is 0.467. The monoisotopic (exact) mass is 386 g/mol. The molecule has 146 valence electrons. The number of hydrogen-bond acceptors (Lipinski definition) is 4. The van der Waals surface area contributed by atoms with Crippen LogP contribution in [0.4, 0.5) is 0 Å². The topological polar surface area (TPSA) is 49.8 Å². The number of morpholine rings is 1. The number of aryl methyl sites for hydroxylation is 3. The zero-order valence-electron chi connectivity index (χ0n) is 16.6. The summed E-state index contributed by atoms with van der Waals surface area (Å²) in [4.78, 5) is 11.3. The second-order valence-electron chi connectivity index (χ2n) is 6.98. The number of aliphatic imine (C=N–C) groups is 1. The van der Waals surface area contributed by atoms with E-state index in [1.807, 2.05) is 7.05 Å². The van der Waals surface area contributed by atoms with E-state index in [-0.39, 0.29) is 6.10 Å². The van der Waals surface area contributed by atoms with Crippen molar-refractivity contribution in [1.82, 2.24) is 15.2 Å². The fourth-order valence-corrected chi connectivity index (χ4v) is 4.25. The number of rotatable bonds is 6. The van der Waals surface area contributed by atoms with Crippen LogP contribution in [-0.4, -0.2) is 49.1 Å². The summed E-state index contributed by atoms with van der Waals surface area (Å²) in [6, 6.07) is 8.48. The van der Waals surface area contributed by atoms with Gasteiger partial charge in [-0.1, -0.05) is 24.3 Å². The van der Waals surface area contributed by atoms with Crippen LogP contribution in [0, 0.1) is 13.8 Å². The second kappa shape index (κ2) is 9.85. The molecule has 2 aromatic rings. The summed E-state index contributed by atoms with van der Waals surface area (Å²) >= 11 is 1.76. The van der Waals surface area contributed by atoms with Crippen molar-refractivity contribution in [2.75, 3.05) is 33.3 Å². The number of nitrogens with one attached hydrogen (secondary N) is 1. The number of nitrogens with zero attached hydrogens (tertiary/aromatic N) is 3. The lowest BCUT2D eigenvalue weighted by atomic mass is 10.0. The third-order valence-corrected chi connectivity index (χ3v) is 5.91. The van der Waals surface area contributed by atoms with Gasteiger partial charge in [-0.25, -0.2) is 4.98 Å². The molecule has 0 radical (unpaired) electrons. The molecule has 27 heavy (non-hydrogen) atoms. The van der Waals surface area contributed by atoms with Crippen LogP contribution in [-0.2, 0) is 11.2 Å². The van der Waals surface area contributed by atoms with E-state index in [1.165, 1.54) is 16.1 Å². The maximum absolute atomic E-state index is 6.03. The van der Waals surface area contributed by atoms with Crippen LogP contribution in [0.15, 0.2) is 34.6 Å². The van der Waals surface area contributed by atoms with Crippen molar-refractivity contribution in [3.63, 3.8) is 0 Å². The van der Waals surface area contributed by atoms with E-state index in [0.717, 1.165) is 57.2 Å². The Morgan fingerprint density at radius 1 is 1.33 bits per heavy atom. The Kier molecular flexibility index (Phi) is 7.24. The first-order chi connectivity index (χ1) is 13.2. The molecule has 1 aliphatic rings. The third kappa shape index (κ3) is 5.53. The molecule has 1 saturated heterocycles. The van der Waals surface area contributed by atoms with E-state index in [1.54, 1.807) is 11.3 Å². The summed E-state index contributed by atoms with van der Waals surface area (Å²) in [6.45, 7) is 7.57. The SMILES string of the molecule is CN=C(NCCCCc1nc(C)cs1)N1CCOC(c2ccccc2C)C1. The summed E-state index contributed by atoms with van der Waals surface area (Å²) in [7, 11) is 1.86. The second-order valence-corrected chi connectivity index (χ2v) is 7.92. The van der Waals surface area contributed by atoms with Crippen LogP contribution in [0.1, 0.15) is 40.8 Å². The molecule has 1 N–H and O–H groups in total. The fourth-order valence-electron chi connectivity index (χ4n) is 3.43. The molecule has 1 aliphatic heterocycles. The minimum absolute atomic E-state index is 0.103. The third-order valence-electron chi connectivity index (χ3n) is 4.88. The lowest BCUT2D eigenvalue weighted by Crippen LogP contribution is -2.48. The standard InChI is InChI=1S/C21H30N4OS/c1-16-8-4-5-9-18(16)19-14-25(12-13-26-19)21(22-3)23-11-7-6-10-20-24-17(2)15-27-20/h4-5,8-9,15,19H,6-7,10-14H2,1-3H3,(H,22,23). The lowest BCUT2D eigenvalue weighted by Gasteiger charge is -2.35. The van der Waals surface area contributed by atoms with E-state index < -0.39 is 0 Å². The molecule has 1 unspecified atom stereocenters. The van der Waals surface area contributed by atoms with Crippen molar-refractivity contribution in [2.24, 2.45) is 4.99 Å². The highest BCUT2D eigenvalue weighted by molar-refractivity contribution is 7.09. The van der Waals surface area contributed by atoms with Gasteiger partial charge in [-0.15, -0.1) is 11.3 Å². The number of ether oxygens (including phenoxy) is 1. The Bertz CT molecular complexity index is 758. The van der Waals surface area contributed by atoms with Crippen molar-refractivity contribution >= 4 is 17.3 Å². The highest BCUT2D eigenvalue weighted by Gasteiger charge is 2.24. The lowest BCUT2D eigenvalue weighted by molar-refractivity contribution is -0.00830. The van der Waals surface area contributed by atoms with Gasteiger partial charge in [0.05, 0.1) is 18.2 Å². The summed E-state index contributed by atoms with van der Waals surface area (Å²) in [5.74, 6) is 0.974. The molecule has 1 fully saturated rings. The summed E-state index contributed by atoms with van der Waals surface area (Å²) in [5, 5.41) is 6.89. The van der Waals surface area contributed by atoms with Gasteiger partial charge in [0.15, 0.2) is 5.96 Å². The molecule has 6 heteroatoms. The number of aromatic nitrogens is 1. The first-order valence-electron chi connectivity index (χ1n) is 9.71. The molecule has 1 atom stereocenters. The van der Waals surface area contributed by atoms with Gasteiger partial charge in [0.1, 0.15) is 6.10 Å².